The number of methoxy groups -OCH3 is 1. The summed E-state index contributed by atoms with van der Waals surface area (Å²) in [5.74, 6) is -0.229. The lowest BCUT2D eigenvalue weighted by Crippen LogP contribution is -2.11. The Kier molecular flexibility index (Phi) is 5.17. The fourth-order valence-corrected chi connectivity index (χ4v) is 2.39. The zero-order valence-corrected chi connectivity index (χ0v) is 13.4. The second-order valence-corrected chi connectivity index (χ2v) is 5.48. The van der Waals surface area contributed by atoms with Crippen molar-refractivity contribution in [3.63, 3.8) is 0 Å². The molecule has 2 rings (SSSR count). The molecule has 0 heterocycles. The number of hydrogen-bond donors (Lipinski definition) is 1. The molecule has 0 aliphatic carbocycles. The molecule has 0 aliphatic heterocycles. The Balaban J connectivity index is 2.24. The van der Waals surface area contributed by atoms with Gasteiger partial charge in [-0.2, -0.15) is 0 Å². The van der Waals surface area contributed by atoms with Crippen molar-refractivity contribution in [1.29, 1.82) is 0 Å². The molecule has 2 aromatic rings. The van der Waals surface area contributed by atoms with Crippen LogP contribution in [0, 0.1) is 11.6 Å². The minimum atomic E-state index is -0.497. The van der Waals surface area contributed by atoms with Crippen LogP contribution in [0.3, 0.4) is 0 Å². The summed E-state index contributed by atoms with van der Waals surface area (Å²) in [6.45, 7) is 1.98. The van der Waals surface area contributed by atoms with E-state index in [9.17, 15) is 8.78 Å². The van der Waals surface area contributed by atoms with Crippen LogP contribution in [0.15, 0.2) is 40.9 Å². The molecular formula is C16H16BrF2NO. The molecule has 112 valence electrons. The first kappa shape index (κ1) is 15.8. The fourth-order valence-electron chi connectivity index (χ4n) is 2.08. The van der Waals surface area contributed by atoms with E-state index >= 15 is 0 Å². The summed E-state index contributed by atoms with van der Waals surface area (Å²) in [5, 5.41) is 3.04. The number of benzene rings is 2. The molecule has 0 spiro atoms. The monoisotopic (exact) mass is 355 g/mol. The van der Waals surface area contributed by atoms with Gasteiger partial charge in [0.05, 0.1) is 23.3 Å². The van der Waals surface area contributed by atoms with E-state index in [-0.39, 0.29) is 16.2 Å². The molecule has 1 unspecified atom stereocenters. The molecule has 0 saturated carbocycles. The summed E-state index contributed by atoms with van der Waals surface area (Å²) >= 11 is 2.97. The molecule has 0 radical (unpaired) electrons. The van der Waals surface area contributed by atoms with Crippen LogP contribution in [0.2, 0.25) is 0 Å². The molecule has 0 amide bonds. The Morgan fingerprint density at radius 1 is 1.14 bits per heavy atom. The Morgan fingerprint density at radius 3 is 2.38 bits per heavy atom. The third kappa shape index (κ3) is 3.73. The van der Waals surface area contributed by atoms with Gasteiger partial charge in [0.1, 0.15) is 17.4 Å². The Morgan fingerprint density at radius 2 is 1.81 bits per heavy atom. The van der Waals surface area contributed by atoms with Crippen molar-refractivity contribution in [2.24, 2.45) is 0 Å². The highest BCUT2D eigenvalue weighted by atomic mass is 79.9. The molecule has 0 aromatic heterocycles. The van der Waals surface area contributed by atoms with Gasteiger partial charge >= 0.3 is 0 Å². The van der Waals surface area contributed by atoms with Crippen LogP contribution >= 0.6 is 15.9 Å². The highest BCUT2D eigenvalue weighted by Crippen LogP contribution is 2.28. The fraction of sp³-hybridized carbons (Fsp3) is 0.250. The van der Waals surface area contributed by atoms with Crippen molar-refractivity contribution >= 4 is 21.6 Å². The van der Waals surface area contributed by atoms with Crippen molar-refractivity contribution in [1.82, 2.24) is 0 Å². The summed E-state index contributed by atoms with van der Waals surface area (Å²) in [6.07, 6.45) is 0.740. The maximum atomic E-state index is 13.9. The van der Waals surface area contributed by atoms with Crippen molar-refractivity contribution in [2.75, 3.05) is 12.4 Å². The van der Waals surface area contributed by atoms with Gasteiger partial charge < -0.3 is 10.1 Å². The summed E-state index contributed by atoms with van der Waals surface area (Å²) in [4.78, 5) is 0. The molecular weight excluding hydrogens is 340 g/mol. The van der Waals surface area contributed by atoms with E-state index < -0.39 is 11.6 Å². The number of nitrogens with one attached hydrogen (secondary N) is 1. The van der Waals surface area contributed by atoms with Crippen molar-refractivity contribution in [3.8, 4) is 5.75 Å². The Bertz CT molecular complexity index is 616. The lowest BCUT2D eigenvalue weighted by atomic mass is 10.0. The predicted octanol–water partition coefficient (Wildman–Crippen LogP) is 5.30. The third-order valence-corrected chi connectivity index (χ3v) is 3.87. The number of anilines is 1. The van der Waals surface area contributed by atoms with Crippen LogP contribution in [0.5, 0.6) is 5.75 Å². The van der Waals surface area contributed by atoms with Crippen LogP contribution in [0.25, 0.3) is 0 Å². The van der Waals surface area contributed by atoms with Crippen LogP contribution in [0.1, 0.15) is 24.9 Å². The first-order valence-corrected chi connectivity index (χ1v) is 7.39. The quantitative estimate of drug-likeness (QED) is 0.734. The summed E-state index contributed by atoms with van der Waals surface area (Å²) in [7, 11) is 1.60. The maximum absolute atomic E-state index is 13.9. The van der Waals surface area contributed by atoms with Crippen LogP contribution in [-0.2, 0) is 0 Å². The smallest absolute Gasteiger partial charge is 0.147 e. The van der Waals surface area contributed by atoms with Crippen molar-refractivity contribution in [3.05, 3.63) is 58.1 Å². The normalized spacial score (nSPS) is 12.0. The van der Waals surface area contributed by atoms with Crippen molar-refractivity contribution < 1.29 is 13.5 Å². The van der Waals surface area contributed by atoms with Crippen LogP contribution in [0.4, 0.5) is 14.5 Å². The van der Waals surface area contributed by atoms with Crippen LogP contribution in [-0.4, -0.2) is 7.11 Å². The average Bonchev–Trinajstić information content (AvgIpc) is 2.50. The van der Waals surface area contributed by atoms with Gasteiger partial charge in [0, 0.05) is 6.07 Å². The van der Waals surface area contributed by atoms with E-state index in [4.69, 9.17) is 4.74 Å². The Labute approximate surface area is 131 Å². The second-order valence-electron chi connectivity index (χ2n) is 4.62. The summed E-state index contributed by atoms with van der Waals surface area (Å²) < 4.78 is 32.7. The topological polar surface area (TPSA) is 21.3 Å². The van der Waals surface area contributed by atoms with Gasteiger partial charge in [-0.15, -0.1) is 0 Å². The zero-order valence-electron chi connectivity index (χ0n) is 11.8. The van der Waals surface area contributed by atoms with Gasteiger partial charge in [0.25, 0.3) is 0 Å². The van der Waals surface area contributed by atoms with Gasteiger partial charge in [-0.3, -0.25) is 0 Å². The van der Waals surface area contributed by atoms with E-state index in [2.05, 4.69) is 21.2 Å². The van der Waals surface area contributed by atoms with E-state index in [0.29, 0.717) is 0 Å². The summed E-state index contributed by atoms with van der Waals surface area (Å²) in [6, 6.07) is 9.69. The zero-order chi connectivity index (χ0) is 15.4. The summed E-state index contributed by atoms with van der Waals surface area (Å²) in [5.41, 5.74) is 1.14. The average molecular weight is 356 g/mol. The number of rotatable bonds is 5. The lowest BCUT2D eigenvalue weighted by Gasteiger charge is -2.19. The SMILES string of the molecule is CCC(Nc1cc(F)c(Br)cc1F)c1ccc(OC)cc1. The minimum absolute atomic E-state index is 0.106. The highest BCUT2D eigenvalue weighted by molar-refractivity contribution is 9.10. The molecule has 0 fully saturated rings. The minimum Gasteiger partial charge on any atom is -0.497 e. The van der Waals surface area contributed by atoms with E-state index in [1.165, 1.54) is 0 Å². The molecule has 0 aliphatic rings. The van der Waals surface area contributed by atoms with Gasteiger partial charge in [-0.05, 0) is 46.1 Å². The van der Waals surface area contributed by atoms with Gasteiger partial charge in [0.2, 0.25) is 0 Å². The van der Waals surface area contributed by atoms with Gasteiger partial charge in [-0.25, -0.2) is 8.78 Å². The van der Waals surface area contributed by atoms with Gasteiger partial charge in [-0.1, -0.05) is 19.1 Å². The molecule has 0 saturated heterocycles. The first-order chi connectivity index (χ1) is 10.0. The van der Waals surface area contributed by atoms with E-state index in [1.54, 1.807) is 7.11 Å². The largest absolute Gasteiger partial charge is 0.497 e. The Hall–Kier alpha value is -1.62. The molecule has 2 nitrogen and oxygen atoms in total. The molecule has 2 aromatic carbocycles. The number of hydrogen-bond acceptors (Lipinski definition) is 2. The number of halogens is 3. The third-order valence-electron chi connectivity index (χ3n) is 3.27. The van der Waals surface area contributed by atoms with E-state index in [0.717, 1.165) is 29.9 Å². The molecule has 1 atom stereocenters. The van der Waals surface area contributed by atoms with Crippen molar-refractivity contribution in [2.45, 2.75) is 19.4 Å². The van der Waals surface area contributed by atoms with Gasteiger partial charge in [0.15, 0.2) is 0 Å². The van der Waals surface area contributed by atoms with Crippen LogP contribution < -0.4 is 10.1 Å². The first-order valence-electron chi connectivity index (χ1n) is 6.60. The molecule has 0 bridgehead atoms. The standard InChI is InChI=1S/C16H16BrF2NO/c1-3-15(10-4-6-11(21-2)7-5-10)20-16-9-13(18)12(17)8-14(16)19/h4-9,15,20H,3H2,1-2H3. The molecule has 1 N–H and O–H groups in total. The number of ether oxygens (including phenoxy) is 1. The predicted molar refractivity (Wildman–Crippen MR) is 83.7 cm³/mol. The molecule has 21 heavy (non-hydrogen) atoms. The molecule has 5 heteroatoms. The second kappa shape index (κ2) is 6.89. The highest BCUT2D eigenvalue weighted by Gasteiger charge is 2.14. The van der Waals surface area contributed by atoms with E-state index in [1.807, 2.05) is 31.2 Å². The maximum Gasteiger partial charge on any atom is 0.147 e. The lowest BCUT2D eigenvalue weighted by molar-refractivity contribution is 0.414.